The predicted molar refractivity (Wildman–Crippen MR) is 148 cm³/mol. The molecular weight excluding hydrogens is 526 g/mol. The Morgan fingerprint density at radius 2 is 1.97 bits per heavy atom. The SMILES string of the molecule is CCCNC(=O)CN1C(=O)CS[C@@H](c2ccc(F)cc2F)c2c(-c3cccs3)nn(-c3ccccc3C)c21. The lowest BCUT2D eigenvalue weighted by Crippen LogP contribution is -2.42. The highest BCUT2D eigenvalue weighted by atomic mass is 32.2. The van der Waals surface area contributed by atoms with Gasteiger partial charge >= 0.3 is 0 Å². The molecule has 2 amide bonds. The van der Waals surface area contributed by atoms with Crippen LogP contribution < -0.4 is 10.2 Å². The van der Waals surface area contributed by atoms with Crippen molar-refractivity contribution in [1.29, 1.82) is 0 Å². The number of aromatic nitrogens is 2. The van der Waals surface area contributed by atoms with Gasteiger partial charge in [0.05, 0.1) is 21.6 Å². The number of thioether (sulfide) groups is 1. The van der Waals surface area contributed by atoms with Crippen LogP contribution in [0.4, 0.5) is 14.6 Å². The van der Waals surface area contributed by atoms with Crippen LogP contribution in [0.1, 0.15) is 35.3 Å². The maximum atomic E-state index is 15.2. The molecule has 0 unspecified atom stereocenters. The highest BCUT2D eigenvalue weighted by molar-refractivity contribution is 8.00. The molecule has 0 saturated carbocycles. The summed E-state index contributed by atoms with van der Waals surface area (Å²) in [5.41, 5.74) is 3.11. The molecule has 5 rings (SSSR count). The van der Waals surface area contributed by atoms with Crippen molar-refractivity contribution in [1.82, 2.24) is 15.1 Å². The Morgan fingerprint density at radius 1 is 1.16 bits per heavy atom. The fraction of sp³-hybridized carbons (Fsp3) is 0.250. The van der Waals surface area contributed by atoms with Gasteiger partial charge in [-0.05, 0) is 42.5 Å². The molecule has 0 radical (unpaired) electrons. The van der Waals surface area contributed by atoms with E-state index < -0.39 is 16.9 Å². The normalized spacial score (nSPS) is 15.3. The predicted octanol–water partition coefficient (Wildman–Crippen LogP) is 5.88. The lowest BCUT2D eigenvalue weighted by Gasteiger charge is -2.23. The summed E-state index contributed by atoms with van der Waals surface area (Å²) in [6.45, 7) is 4.18. The monoisotopic (exact) mass is 552 g/mol. The Kier molecular flexibility index (Phi) is 7.62. The average Bonchev–Trinajstić information content (AvgIpc) is 3.53. The lowest BCUT2D eigenvalue weighted by atomic mass is 10.0. The van der Waals surface area contributed by atoms with Gasteiger partial charge in [0.1, 0.15) is 29.7 Å². The molecule has 6 nitrogen and oxygen atoms in total. The number of amides is 2. The number of thiophene rings is 1. The summed E-state index contributed by atoms with van der Waals surface area (Å²) >= 11 is 2.72. The van der Waals surface area contributed by atoms with Crippen LogP contribution in [0.25, 0.3) is 16.3 Å². The van der Waals surface area contributed by atoms with Crippen molar-refractivity contribution in [2.75, 3.05) is 23.7 Å². The van der Waals surface area contributed by atoms with Gasteiger partial charge in [-0.25, -0.2) is 13.5 Å². The highest BCUT2D eigenvalue weighted by Gasteiger charge is 2.39. The summed E-state index contributed by atoms with van der Waals surface area (Å²) in [7, 11) is 0. The number of hydrogen-bond acceptors (Lipinski definition) is 5. The van der Waals surface area contributed by atoms with Crippen molar-refractivity contribution >= 4 is 40.7 Å². The molecule has 10 heteroatoms. The first-order valence-corrected chi connectivity index (χ1v) is 14.2. The first-order valence-electron chi connectivity index (χ1n) is 12.3. The zero-order valence-electron chi connectivity index (χ0n) is 20.9. The highest BCUT2D eigenvalue weighted by Crippen LogP contribution is 2.49. The Hall–Kier alpha value is -3.50. The molecule has 0 aliphatic carbocycles. The van der Waals surface area contributed by atoms with Crippen molar-refractivity contribution in [3.8, 4) is 16.3 Å². The van der Waals surface area contributed by atoms with E-state index in [1.807, 2.05) is 55.6 Å². The van der Waals surface area contributed by atoms with E-state index in [0.29, 0.717) is 23.6 Å². The van der Waals surface area contributed by atoms with Crippen molar-refractivity contribution in [2.45, 2.75) is 25.5 Å². The van der Waals surface area contributed by atoms with Gasteiger partial charge < -0.3 is 5.32 Å². The van der Waals surface area contributed by atoms with Gasteiger partial charge in [-0.3, -0.25) is 14.5 Å². The van der Waals surface area contributed by atoms with Crippen LogP contribution >= 0.6 is 23.1 Å². The van der Waals surface area contributed by atoms with E-state index in [2.05, 4.69) is 5.32 Å². The molecule has 3 heterocycles. The number of halogens is 2. The molecule has 0 saturated heterocycles. The lowest BCUT2D eigenvalue weighted by molar-refractivity contribution is -0.122. The molecule has 0 fully saturated rings. The number of fused-ring (bicyclic) bond motifs is 1. The minimum Gasteiger partial charge on any atom is -0.355 e. The minimum absolute atomic E-state index is 0.00880. The van der Waals surface area contributed by atoms with Crippen LogP contribution in [-0.2, 0) is 9.59 Å². The second-order valence-electron chi connectivity index (χ2n) is 8.95. The number of nitrogens with one attached hydrogen (secondary N) is 1. The third-order valence-electron chi connectivity index (χ3n) is 6.31. The second kappa shape index (κ2) is 11.1. The largest absolute Gasteiger partial charge is 0.355 e. The molecule has 1 N–H and O–H groups in total. The van der Waals surface area contributed by atoms with Crippen molar-refractivity contribution in [3.05, 3.63) is 88.3 Å². The zero-order chi connectivity index (χ0) is 26.8. The molecule has 2 aromatic heterocycles. The molecule has 1 aliphatic heterocycles. The smallest absolute Gasteiger partial charge is 0.240 e. The van der Waals surface area contributed by atoms with E-state index in [0.717, 1.165) is 28.6 Å². The van der Waals surface area contributed by atoms with E-state index in [9.17, 15) is 14.0 Å². The Morgan fingerprint density at radius 3 is 2.68 bits per heavy atom. The van der Waals surface area contributed by atoms with E-state index in [4.69, 9.17) is 5.10 Å². The van der Waals surface area contributed by atoms with Gasteiger partial charge in [-0.15, -0.1) is 23.1 Å². The Bertz CT molecular complexity index is 1490. The summed E-state index contributed by atoms with van der Waals surface area (Å²) in [5.74, 6) is -1.54. The number of para-hydroxylation sites is 1. The molecular formula is C28H26F2N4O2S2. The van der Waals surface area contributed by atoms with Crippen molar-refractivity contribution in [3.63, 3.8) is 0 Å². The second-order valence-corrected chi connectivity index (χ2v) is 11.0. The summed E-state index contributed by atoms with van der Waals surface area (Å²) in [6, 6.07) is 14.9. The van der Waals surface area contributed by atoms with Crippen molar-refractivity contribution in [2.24, 2.45) is 0 Å². The van der Waals surface area contributed by atoms with Crippen molar-refractivity contribution < 1.29 is 18.4 Å². The molecule has 0 spiro atoms. The van der Waals surface area contributed by atoms with Crippen LogP contribution in [0.2, 0.25) is 0 Å². The van der Waals surface area contributed by atoms with Crippen LogP contribution in [0.15, 0.2) is 60.0 Å². The maximum Gasteiger partial charge on any atom is 0.240 e. The number of carbonyl (C=O) groups is 2. The fourth-order valence-electron chi connectivity index (χ4n) is 4.51. The van der Waals surface area contributed by atoms with Gasteiger partial charge in [0.25, 0.3) is 0 Å². The summed E-state index contributed by atoms with van der Waals surface area (Å²) in [6.07, 6.45) is 0.760. The quantitative estimate of drug-likeness (QED) is 0.311. The number of hydrogen-bond donors (Lipinski definition) is 1. The molecule has 0 bridgehead atoms. The van der Waals surface area contributed by atoms with E-state index >= 15 is 4.39 Å². The van der Waals surface area contributed by atoms with Crippen LogP contribution in [0.5, 0.6) is 0 Å². The topological polar surface area (TPSA) is 67.2 Å². The Labute approximate surface area is 227 Å². The zero-order valence-corrected chi connectivity index (χ0v) is 22.5. The number of carbonyl (C=O) groups excluding carboxylic acids is 2. The van der Waals surface area contributed by atoms with E-state index in [1.165, 1.54) is 40.1 Å². The van der Waals surface area contributed by atoms with Gasteiger partial charge in [-0.1, -0.05) is 37.3 Å². The molecule has 196 valence electrons. The summed E-state index contributed by atoms with van der Waals surface area (Å²) in [4.78, 5) is 28.8. The molecule has 1 aliphatic rings. The average molecular weight is 553 g/mol. The third-order valence-corrected chi connectivity index (χ3v) is 8.42. The van der Waals surface area contributed by atoms with Gasteiger partial charge in [-0.2, -0.15) is 5.10 Å². The van der Waals surface area contributed by atoms with E-state index in [1.54, 1.807) is 4.68 Å². The van der Waals surface area contributed by atoms with Gasteiger partial charge in [0, 0.05) is 23.7 Å². The number of benzene rings is 2. The minimum atomic E-state index is -0.698. The summed E-state index contributed by atoms with van der Waals surface area (Å²) in [5, 5.41) is 9.09. The van der Waals surface area contributed by atoms with E-state index in [-0.39, 0.29) is 29.7 Å². The molecule has 38 heavy (non-hydrogen) atoms. The maximum absolute atomic E-state index is 15.2. The number of anilines is 1. The standard InChI is InChI=1S/C28H26F2N4O2S2/c1-3-12-31-23(35)15-33-24(36)16-38-27(19-11-10-18(29)14-20(19)30)25-26(22-9-6-13-37-22)32-34(28(25)33)21-8-5-4-7-17(21)2/h4-11,13-14,27H,3,12,15-16H2,1-2H3,(H,31,35)/t27-/m0/s1. The van der Waals surface area contributed by atoms with Crippen LogP contribution in [-0.4, -0.2) is 40.4 Å². The van der Waals surface area contributed by atoms with Gasteiger partial charge in [0.2, 0.25) is 11.8 Å². The molecule has 2 aromatic carbocycles. The Balaban J connectivity index is 1.80. The first kappa shape index (κ1) is 26.1. The van der Waals surface area contributed by atoms with Crippen LogP contribution in [0, 0.1) is 18.6 Å². The van der Waals surface area contributed by atoms with Crippen LogP contribution in [0.3, 0.4) is 0 Å². The third kappa shape index (κ3) is 4.98. The van der Waals surface area contributed by atoms with Gasteiger partial charge in [0.15, 0.2) is 0 Å². The fourth-order valence-corrected chi connectivity index (χ4v) is 6.45. The number of rotatable bonds is 7. The first-order chi connectivity index (χ1) is 18.4. The molecule has 1 atom stereocenters. The number of aryl methyl sites for hydroxylation is 1. The number of nitrogens with zero attached hydrogens (tertiary/aromatic N) is 3. The summed E-state index contributed by atoms with van der Waals surface area (Å²) < 4.78 is 30.8. The molecule has 4 aromatic rings.